The highest BCUT2D eigenvalue weighted by Gasteiger charge is 2.09. The van der Waals surface area contributed by atoms with E-state index in [9.17, 15) is 0 Å². The van der Waals surface area contributed by atoms with Crippen LogP contribution in [-0.4, -0.2) is 10.2 Å². The van der Waals surface area contributed by atoms with Gasteiger partial charge >= 0.3 is 0 Å². The van der Waals surface area contributed by atoms with Crippen LogP contribution in [0.25, 0.3) is 26.9 Å². The maximum absolute atomic E-state index is 4.44. The number of rotatable bonds is 2. The fourth-order valence-corrected chi connectivity index (χ4v) is 3.92. The van der Waals surface area contributed by atoms with E-state index in [1.807, 2.05) is 19.9 Å². The van der Waals surface area contributed by atoms with Gasteiger partial charge in [0.05, 0.1) is 5.69 Å². The van der Waals surface area contributed by atoms with Crippen molar-refractivity contribution in [3.8, 4) is 23.1 Å². The second-order valence-electron chi connectivity index (χ2n) is 6.12. The first-order chi connectivity index (χ1) is 13.9. The molecule has 28 heavy (non-hydrogen) atoms. The Bertz CT molecular complexity index is 1240. The monoisotopic (exact) mass is 384 g/mol. The predicted octanol–water partition coefficient (Wildman–Crippen LogP) is 7.16. The largest absolute Gasteiger partial charge is 0.269 e. The third-order valence-electron chi connectivity index (χ3n) is 4.45. The number of allylic oxidation sites excluding steroid dienone is 4. The van der Waals surface area contributed by atoms with Crippen molar-refractivity contribution in [1.29, 1.82) is 0 Å². The number of aromatic amines is 1. The van der Waals surface area contributed by atoms with Gasteiger partial charge in [-0.3, -0.25) is 5.10 Å². The third-order valence-corrected chi connectivity index (χ3v) is 5.41. The van der Waals surface area contributed by atoms with Gasteiger partial charge in [0, 0.05) is 29.4 Å². The molecule has 4 aromatic rings. The van der Waals surface area contributed by atoms with Crippen LogP contribution >= 0.6 is 11.3 Å². The molecule has 1 aliphatic rings. The Kier molecular flexibility index (Phi) is 5.23. The fourth-order valence-electron chi connectivity index (χ4n) is 2.97. The Hall–Kier alpha value is -3.35. The molecule has 0 saturated heterocycles. The zero-order valence-corrected chi connectivity index (χ0v) is 16.7. The average molecular weight is 385 g/mol. The molecule has 0 spiro atoms. The van der Waals surface area contributed by atoms with Gasteiger partial charge in [0.2, 0.25) is 0 Å². The van der Waals surface area contributed by atoms with Crippen LogP contribution in [0.3, 0.4) is 0 Å². The molecule has 0 fully saturated rings. The Labute approximate surface area is 172 Å². The standard InChI is InChI=1S/C23H14N2S.C2H6.2H2/c1-2-7-23-20(6-1)21(15-26-23)22-14-19(24-25-22)13-10-16-8-11-18(12-9-16)17-4-3-5-17;1-2;;/h1-9,11-12,14-15H,(H,24,25);1-2H3;2*1H. The summed E-state index contributed by atoms with van der Waals surface area (Å²) in [5.41, 5.74) is 6.41. The lowest BCUT2D eigenvalue weighted by atomic mass is 9.98. The highest BCUT2D eigenvalue weighted by atomic mass is 32.1. The van der Waals surface area contributed by atoms with Crippen molar-refractivity contribution >= 4 is 27.0 Å². The number of fused-ring (bicyclic) bond motifs is 1. The van der Waals surface area contributed by atoms with Crippen molar-refractivity contribution in [2.45, 2.75) is 13.8 Å². The molecule has 140 valence electrons. The second kappa shape index (κ2) is 8.12. The molecule has 0 bridgehead atoms. The summed E-state index contributed by atoms with van der Waals surface area (Å²) < 4.78 is 1.27. The summed E-state index contributed by atoms with van der Waals surface area (Å²) >= 11 is 1.74. The Balaban J connectivity index is 0.000000779. The van der Waals surface area contributed by atoms with Gasteiger partial charge in [0.15, 0.2) is 0 Å². The van der Waals surface area contributed by atoms with Crippen LogP contribution in [-0.2, 0) is 0 Å². The summed E-state index contributed by atoms with van der Waals surface area (Å²) in [4.78, 5) is 0. The summed E-state index contributed by atoms with van der Waals surface area (Å²) in [5.74, 6) is 6.38. The van der Waals surface area contributed by atoms with Gasteiger partial charge in [0.25, 0.3) is 0 Å². The van der Waals surface area contributed by atoms with Gasteiger partial charge in [-0.25, -0.2) is 0 Å². The van der Waals surface area contributed by atoms with Crippen molar-refractivity contribution in [3.63, 3.8) is 0 Å². The first kappa shape index (κ1) is 18.0. The topological polar surface area (TPSA) is 28.7 Å². The van der Waals surface area contributed by atoms with Gasteiger partial charge in [-0.1, -0.05) is 68.3 Å². The number of aromatic nitrogens is 2. The number of nitrogens with one attached hydrogen (secondary N) is 1. The van der Waals surface area contributed by atoms with Crippen LogP contribution in [0, 0.1) is 11.8 Å². The van der Waals surface area contributed by atoms with Crippen LogP contribution < -0.4 is 0 Å². The second-order valence-corrected chi connectivity index (χ2v) is 7.03. The van der Waals surface area contributed by atoms with Crippen LogP contribution in [0.15, 0.2) is 78.2 Å². The Morgan fingerprint density at radius 3 is 2.54 bits per heavy atom. The SMILES string of the molecule is C(#Cc1cc(-c2csc3ccccc23)n[nH]1)c1ccc(C2=CC=C2)cc1.CC.[HH].[HH]. The summed E-state index contributed by atoms with van der Waals surface area (Å²) in [6.45, 7) is 4.00. The van der Waals surface area contributed by atoms with Crippen molar-refractivity contribution < 1.29 is 2.85 Å². The summed E-state index contributed by atoms with van der Waals surface area (Å²) in [6.07, 6.45) is 6.28. The lowest BCUT2D eigenvalue weighted by Crippen LogP contribution is -1.86. The molecule has 5 rings (SSSR count). The van der Waals surface area contributed by atoms with E-state index in [1.165, 1.54) is 21.2 Å². The molecular formula is C25H24N2S. The van der Waals surface area contributed by atoms with E-state index in [0.717, 1.165) is 22.5 Å². The minimum atomic E-state index is 0. The first-order valence-corrected chi connectivity index (χ1v) is 10.3. The molecule has 0 aliphatic heterocycles. The molecule has 0 saturated carbocycles. The predicted molar refractivity (Wildman–Crippen MR) is 125 cm³/mol. The van der Waals surface area contributed by atoms with E-state index < -0.39 is 0 Å². The zero-order valence-electron chi connectivity index (χ0n) is 15.9. The molecule has 2 aromatic heterocycles. The third kappa shape index (κ3) is 3.55. The van der Waals surface area contributed by atoms with Crippen LogP contribution in [0.4, 0.5) is 0 Å². The molecule has 3 heteroatoms. The number of benzene rings is 2. The van der Waals surface area contributed by atoms with Crippen LogP contribution in [0.2, 0.25) is 0 Å². The van der Waals surface area contributed by atoms with E-state index in [1.54, 1.807) is 11.3 Å². The van der Waals surface area contributed by atoms with Crippen molar-refractivity contribution in [2.24, 2.45) is 0 Å². The Morgan fingerprint density at radius 2 is 1.79 bits per heavy atom. The number of hydrogen-bond donors (Lipinski definition) is 1. The maximum Gasteiger partial charge on any atom is 0.108 e. The van der Waals surface area contributed by atoms with Gasteiger partial charge < -0.3 is 0 Å². The zero-order chi connectivity index (χ0) is 19.3. The number of H-pyrrole nitrogens is 1. The molecule has 2 heterocycles. The van der Waals surface area contributed by atoms with Gasteiger partial charge in [-0.15, -0.1) is 11.3 Å². The highest BCUT2D eigenvalue weighted by Crippen LogP contribution is 2.32. The average Bonchev–Trinajstić information content (AvgIpc) is 3.34. The van der Waals surface area contributed by atoms with E-state index >= 15 is 0 Å². The number of hydrogen-bond acceptors (Lipinski definition) is 2. The summed E-state index contributed by atoms with van der Waals surface area (Å²) in [7, 11) is 0. The molecule has 0 atom stereocenters. The fraction of sp³-hybridized carbons (Fsp3) is 0.0800. The molecule has 0 unspecified atom stereocenters. The maximum atomic E-state index is 4.44. The molecular weight excluding hydrogens is 360 g/mol. The number of thiophene rings is 1. The highest BCUT2D eigenvalue weighted by molar-refractivity contribution is 7.17. The lowest BCUT2D eigenvalue weighted by molar-refractivity contribution is 1.08. The van der Waals surface area contributed by atoms with Crippen LogP contribution in [0.1, 0.15) is 33.5 Å². The van der Waals surface area contributed by atoms with E-state index in [0.29, 0.717) is 0 Å². The molecule has 1 aliphatic carbocycles. The van der Waals surface area contributed by atoms with Crippen molar-refractivity contribution in [1.82, 2.24) is 10.2 Å². The van der Waals surface area contributed by atoms with E-state index in [2.05, 4.69) is 94.2 Å². The molecule has 2 nitrogen and oxygen atoms in total. The lowest BCUT2D eigenvalue weighted by Gasteiger charge is -2.06. The minimum absolute atomic E-state index is 0. The van der Waals surface area contributed by atoms with E-state index in [-0.39, 0.29) is 2.85 Å². The summed E-state index contributed by atoms with van der Waals surface area (Å²) in [5, 5.41) is 10.9. The smallest absolute Gasteiger partial charge is 0.108 e. The van der Waals surface area contributed by atoms with Crippen molar-refractivity contribution in [3.05, 3.63) is 95.0 Å². The molecule has 0 radical (unpaired) electrons. The van der Waals surface area contributed by atoms with E-state index in [4.69, 9.17) is 0 Å². The normalized spacial score (nSPS) is 11.7. The molecule has 1 N–H and O–H groups in total. The van der Waals surface area contributed by atoms with Crippen molar-refractivity contribution in [2.75, 3.05) is 0 Å². The first-order valence-electron chi connectivity index (χ1n) is 9.40. The molecule has 2 aromatic carbocycles. The minimum Gasteiger partial charge on any atom is -0.269 e. The Morgan fingerprint density at radius 1 is 1.00 bits per heavy atom. The molecule has 0 amide bonds. The quantitative estimate of drug-likeness (QED) is 0.365. The van der Waals surface area contributed by atoms with Gasteiger partial charge in [-0.05, 0) is 41.3 Å². The summed E-state index contributed by atoms with van der Waals surface area (Å²) in [6, 6.07) is 18.7. The van der Waals surface area contributed by atoms with Gasteiger partial charge in [-0.2, -0.15) is 5.10 Å². The number of nitrogens with zero attached hydrogens (tertiary/aromatic N) is 1. The van der Waals surface area contributed by atoms with Gasteiger partial charge in [0.1, 0.15) is 5.69 Å². The van der Waals surface area contributed by atoms with Crippen LogP contribution in [0.5, 0.6) is 0 Å².